The third-order valence-electron chi connectivity index (χ3n) is 0. The second kappa shape index (κ2) is 591000. The first-order chi connectivity index (χ1) is 2.83. The fourth-order valence-electron chi connectivity index (χ4n) is 0. The Morgan fingerprint density at radius 3 is 0.0972 bits per heavy atom. The monoisotopic (exact) mass is 1190 g/mol. The first-order valence-corrected chi connectivity index (χ1v) is 1.22. The molecular formula is C68H276O2P2-2. The summed E-state index contributed by atoms with van der Waals surface area (Å²) < 4.78 is 11.4. The minimum Gasteiger partial charge on any atom is -0.834 e. The molecule has 0 amide bonds. The van der Waals surface area contributed by atoms with Crippen molar-refractivity contribution in [1.82, 2.24) is 0 Å². The molecule has 2 nitrogen and oxygen atoms in total. The molecule has 0 spiro atoms. The molecule has 0 aliphatic heterocycles. The second-order valence-corrected chi connectivity index (χ2v) is 0. The highest BCUT2D eigenvalue weighted by Crippen LogP contribution is 1.27. The molecule has 0 heterocycles. The lowest BCUT2D eigenvalue weighted by Gasteiger charge is -1.58. The van der Waals surface area contributed by atoms with Crippen molar-refractivity contribution in [2.45, 2.75) is 505 Å². The normalized spacial score (nSPS) is 0.861. The Morgan fingerprint density at radius 1 is 0.0972 bits per heavy atom. The lowest BCUT2D eigenvalue weighted by atomic mass is 12.0. The Bertz CT molecular complexity index is 41.6. The van der Waals surface area contributed by atoms with Gasteiger partial charge in [0, 0.05) is 2.56 Å². The van der Waals surface area contributed by atoms with Gasteiger partial charge in [0.2, 0.25) is 0 Å². The molecule has 0 saturated heterocycles. The summed E-state index contributed by atoms with van der Waals surface area (Å²) in [6.07, 6.45) is 0. The van der Waals surface area contributed by atoms with E-state index in [-0.39, 0.29) is 505 Å². The Labute approximate surface area is 534 Å². The van der Waals surface area contributed by atoms with Gasteiger partial charge in [0.1, 0.15) is 0 Å². The van der Waals surface area contributed by atoms with E-state index in [0.717, 1.165) is 0 Å². The molecule has 0 aromatic heterocycles. The molecule has 0 aliphatic carbocycles. The molecule has 2 unspecified atom stereocenters. The van der Waals surface area contributed by atoms with Crippen LogP contribution in [-0.4, -0.2) is 2.56 Å². The standard InChI is InChI=1S/68CH4.2H2OP/c;;;;;;;;;;;;;;;;;;;;;;;;;;;;;;;;;;;;;;;;;;;;;;;;;;;;;;;;;;;;;;;;;;;;2*1-2/h68*1H4;2*2H2/q;;;;;;;;;;;;;;;;;;;;;;;;;;;;;;;;;;;;;;;;;;;;;;;;;;;;;;;;;;;;;;;;;;;;2*-1/i;;;;;;;;;;;;;;;;;;;;;;;;;;;;;;;;;;;;;;;;;;;;;;;;;;;;;;;;;;;;;;;;;;;;2*2D. The molecule has 4 heteroatoms. The van der Waals surface area contributed by atoms with Crippen molar-refractivity contribution in [2.24, 2.45) is 0 Å². The largest absolute Gasteiger partial charge is 0.834 e. The number of hydrogen-bond donors (Lipinski definition) is 0. The van der Waals surface area contributed by atoms with Gasteiger partial charge in [-0.05, 0) is 0 Å². The van der Waals surface area contributed by atoms with E-state index in [1.54, 1.807) is 0 Å². The molecule has 2 atom stereocenters. The minimum atomic E-state index is -0.917. The van der Waals surface area contributed by atoms with Gasteiger partial charge in [-0.15, -0.1) is 0 Å². The maximum absolute atomic E-state index is 8.62. The smallest absolute Gasteiger partial charge is 0.0366 e. The van der Waals surface area contributed by atoms with Crippen LogP contribution in [-0.2, 0) is 0 Å². The average Bonchev–Trinajstić information content (AvgIpc) is 1.39. The summed E-state index contributed by atoms with van der Waals surface area (Å²) in [7, 11) is -1.83. The van der Waals surface area contributed by atoms with Gasteiger partial charge in [-0.2, -0.15) is 0 Å². The van der Waals surface area contributed by atoms with E-state index in [1.807, 2.05) is 0 Å². The predicted octanol–water partition coefficient (Wildman–Crippen LogP) is 41.5. The first kappa shape index (κ1) is 16400. The third kappa shape index (κ3) is 566000. The summed E-state index contributed by atoms with van der Waals surface area (Å²) in [5.74, 6) is 0. The molecule has 0 bridgehead atoms. The molecule has 572 valence electrons. The Kier molecular flexibility index (Phi) is 135000000. The van der Waals surface area contributed by atoms with Crippen LogP contribution in [0.15, 0.2) is 0 Å². The van der Waals surface area contributed by atoms with Gasteiger partial charge < -0.3 is 9.79 Å². The van der Waals surface area contributed by atoms with Crippen LogP contribution in [0, 0.1) is 0 Å². The zero-order valence-corrected chi connectivity index (χ0v) is 3.82. The molecule has 0 aromatic rings. The van der Waals surface area contributed by atoms with E-state index in [0.29, 0.717) is 0 Å². The van der Waals surface area contributed by atoms with Crippen molar-refractivity contribution in [3.05, 3.63) is 0 Å². The molecular weight excluding hydrogens is 911 g/mol. The average molecular weight is 1190 g/mol. The molecule has 0 aromatic carbocycles. The quantitative estimate of drug-likeness (QED) is 0.227. The summed E-state index contributed by atoms with van der Waals surface area (Å²) in [6.45, 7) is 0. The van der Waals surface area contributed by atoms with Gasteiger partial charge in [-0.3, -0.25) is 0 Å². The van der Waals surface area contributed by atoms with Crippen LogP contribution in [0.4, 0.5) is 0 Å². The van der Waals surface area contributed by atoms with Crippen LogP contribution in [0.25, 0.3) is 0 Å². The van der Waals surface area contributed by atoms with Crippen LogP contribution in [0.1, 0.15) is 505 Å². The van der Waals surface area contributed by atoms with Crippen LogP contribution in [0.5, 0.6) is 0 Å². The maximum atomic E-state index is 8.62. The van der Waals surface area contributed by atoms with Crippen LogP contribution in [0.2, 0.25) is 0 Å². The topological polar surface area (TPSA) is 46.1 Å². The lowest BCUT2D eigenvalue weighted by molar-refractivity contribution is -0.142. The van der Waals surface area contributed by atoms with Gasteiger partial charge >= 0.3 is 0 Å². The summed E-state index contributed by atoms with van der Waals surface area (Å²) >= 11 is 0. The van der Waals surface area contributed by atoms with Crippen LogP contribution < -0.4 is 9.79 Å². The summed E-state index contributed by atoms with van der Waals surface area (Å²) in [6, 6.07) is 0. The van der Waals surface area contributed by atoms with E-state index in [4.69, 9.17) is 12.3 Å². The molecule has 72 heavy (non-hydrogen) atoms. The maximum Gasteiger partial charge on any atom is 0.0366 e. The SMILES string of the molecule is C.C.C.C.C.C.C.C.C.C.C.C.C.C.C.C.C.C.C.C.C.C.C.C.C.C.C.C.C.C.C.C.C.C.C.C.C.C.C.C.C.C.C.C.C.C.C.C.C.C.C.C.C.C.C.C.C.C.C.C.C.C.C.C.C.C.C.C.[2H]P[O-].[2H]P[O-]. The van der Waals surface area contributed by atoms with Crippen molar-refractivity contribution in [3.8, 4) is 0 Å². The van der Waals surface area contributed by atoms with E-state index < -0.39 is 18.8 Å². The zero-order chi connectivity index (χ0) is 5.41. The van der Waals surface area contributed by atoms with Gasteiger partial charge in [0.15, 0.2) is 0 Å². The zero-order valence-electron chi connectivity index (χ0n) is 3.82. The van der Waals surface area contributed by atoms with Crippen molar-refractivity contribution in [2.75, 3.05) is 0 Å². The predicted molar refractivity (Wildman–Crippen MR) is 477 cm³/mol. The van der Waals surface area contributed by atoms with Crippen molar-refractivity contribution in [1.29, 1.82) is 2.56 Å². The molecule has 0 N–H and O–H groups in total. The molecule has 0 fully saturated rings. The lowest BCUT2D eigenvalue weighted by Crippen LogP contribution is -1.60. The first-order valence-electron chi connectivity index (χ1n) is 1.41. The Hall–Kier alpha value is 0.780. The van der Waals surface area contributed by atoms with E-state index >= 15 is 0 Å². The van der Waals surface area contributed by atoms with Gasteiger partial charge in [0.05, 0.1) is 0 Å². The Morgan fingerprint density at radius 2 is 0.0972 bits per heavy atom. The van der Waals surface area contributed by atoms with Crippen LogP contribution >= 0.6 is 18.8 Å². The molecule has 0 aliphatic rings. The highest BCUT2D eigenvalue weighted by atomic mass is 31.0. The summed E-state index contributed by atoms with van der Waals surface area (Å²) in [5, 5.41) is 0. The Balaban J connectivity index is -0.0000000000331. The van der Waals surface area contributed by atoms with E-state index in [1.165, 1.54) is 0 Å². The van der Waals surface area contributed by atoms with Gasteiger partial charge in [0.25, 0.3) is 0 Å². The van der Waals surface area contributed by atoms with Gasteiger partial charge in [-0.1, -0.05) is 505 Å². The molecule has 0 rings (SSSR count). The van der Waals surface area contributed by atoms with Crippen molar-refractivity contribution in [3.63, 3.8) is 0 Å². The fraction of sp³-hybridized carbons (Fsp3) is 1.00. The number of hydrogen-bond acceptors (Lipinski definition) is 2. The molecule has 0 saturated carbocycles. The van der Waals surface area contributed by atoms with E-state index in [2.05, 4.69) is 0 Å². The van der Waals surface area contributed by atoms with E-state index in [9.17, 15) is 0 Å². The third-order valence-corrected chi connectivity index (χ3v) is 0. The second-order valence-electron chi connectivity index (χ2n) is 0. The minimum absolute atomic E-state index is 0. The van der Waals surface area contributed by atoms with Crippen LogP contribution in [0.3, 0.4) is 0 Å². The summed E-state index contributed by atoms with van der Waals surface area (Å²) in [5.41, 5.74) is 0. The number of rotatable bonds is 0. The van der Waals surface area contributed by atoms with Gasteiger partial charge in [-0.25, -0.2) is 18.8 Å². The highest BCUT2D eigenvalue weighted by Gasteiger charge is 0.509. The van der Waals surface area contributed by atoms with Crippen molar-refractivity contribution < 1.29 is 9.79 Å². The van der Waals surface area contributed by atoms with Crippen molar-refractivity contribution >= 4 is 18.8 Å². The highest BCUT2D eigenvalue weighted by molar-refractivity contribution is 7.06. The summed E-state index contributed by atoms with van der Waals surface area (Å²) in [4.78, 5) is 17.2. The fourth-order valence-corrected chi connectivity index (χ4v) is 0. The molecule has 0 radical (unpaired) electrons.